The fraction of sp³-hybridized carbons (Fsp3) is 0.308. The lowest BCUT2D eigenvalue weighted by atomic mass is 10.2. The number of aromatic nitrogens is 3. The Kier molecular flexibility index (Phi) is 4.34. The van der Waals surface area contributed by atoms with Gasteiger partial charge in [0.1, 0.15) is 5.82 Å². The minimum absolute atomic E-state index is 0.0707. The number of nitrogens with one attached hydrogen (secondary N) is 1. The van der Waals surface area contributed by atoms with Gasteiger partial charge in [0.25, 0.3) is 0 Å². The number of halogens is 2. The number of rotatable bonds is 4. The number of benzene rings is 1. The molecule has 2 rings (SSSR count). The lowest BCUT2D eigenvalue weighted by Gasteiger charge is -2.10. The van der Waals surface area contributed by atoms with Crippen LogP contribution < -0.4 is 10.1 Å². The first-order valence-corrected chi connectivity index (χ1v) is 6.43. The number of hydrogen-bond donors (Lipinski definition) is 1. The van der Waals surface area contributed by atoms with Crippen molar-refractivity contribution in [3.63, 3.8) is 0 Å². The molecule has 2 aromatic rings. The first-order chi connectivity index (χ1) is 9.49. The van der Waals surface area contributed by atoms with Gasteiger partial charge >= 0.3 is 6.01 Å². The van der Waals surface area contributed by atoms with Crippen LogP contribution in [0.1, 0.15) is 13.8 Å². The van der Waals surface area contributed by atoms with Crippen LogP contribution in [0.2, 0.25) is 5.02 Å². The smallest absolute Gasteiger partial charge is 0.322 e. The van der Waals surface area contributed by atoms with Gasteiger partial charge in [0.05, 0.1) is 11.1 Å². The molecule has 0 bridgehead atoms. The van der Waals surface area contributed by atoms with Crippen molar-refractivity contribution in [2.45, 2.75) is 20.0 Å². The summed E-state index contributed by atoms with van der Waals surface area (Å²) in [6, 6.07) is 4.22. The summed E-state index contributed by atoms with van der Waals surface area (Å²) in [7, 11) is 1.69. The summed E-state index contributed by atoms with van der Waals surface area (Å²) in [6.45, 7) is 3.74. The second-order valence-electron chi connectivity index (χ2n) is 4.31. The SMILES string of the molecule is CNc1nc(OC(C)C)nc(-c2ccc(F)cc2Cl)n1. The number of anilines is 1. The van der Waals surface area contributed by atoms with Crippen LogP contribution in [0.25, 0.3) is 11.4 Å². The van der Waals surface area contributed by atoms with Crippen molar-refractivity contribution in [3.8, 4) is 17.4 Å². The first-order valence-electron chi connectivity index (χ1n) is 6.05. The molecule has 0 saturated carbocycles. The van der Waals surface area contributed by atoms with E-state index in [1.165, 1.54) is 18.2 Å². The fourth-order valence-corrected chi connectivity index (χ4v) is 1.77. The fourth-order valence-electron chi connectivity index (χ4n) is 1.52. The zero-order valence-corrected chi connectivity index (χ0v) is 12.1. The Morgan fingerprint density at radius 2 is 2.00 bits per heavy atom. The molecular weight excluding hydrogens is 283 g/mol. The normalized spacial score (nSPS) is 10.7. The monoisotopic (exact) mass is 296 g/mol. The predicted octanol–water partition coefficient (Wildman–Crippen LogP) is 3.16. The van der Waals surface area contributed by atoms with E-state index >= 15 is 0 Å². The molecule has 5 nitrogen and oxygen atoms in total. The highest BCUT2D eigenvalue weighted by molar-refractivity contribution is 6.33. The maximum atomic E-state index is 13.1. The molecule has 7 heteroatoms. The second-order valence-corrected chi connectivity index (χ2v) is 4.71. The molecule has 0 aliphatic rings. The van der Waals surface area contributed by atoms with E-state index in [2.05, 4.69) is 20.3 Å². The van der Waals surface area contributed by atoms with Gasteiger partial charge in [0.2, 0.25) is 5.95 Å². The highest BCUT2D eigenvalue weighted by Crippen LogP contribution is 2.27. The van der Waals surface area contributed by atoms with Crippen LogP contribution in [0.15, 0.2) is 18.2 Å². The molecule has 20 heavy (non-hydrogen) atoms. The van der Waals surface area contributed by atoms with Crippen LogP contribution in [0, 0.1) is 5.82 Å². The summed E-state index contributed by atoms with van der Waals surface area (Å²) in [5.41, 5.74) is 0.514. The van der Waals surface area contributed by atoms with Gasteiger partial charge in [-0.15, -0.1) is 0 Å². The largest absolute Gasteiger partial charge is 0.461 e. The van der Waals surface area contributed by atoms with E-state index in [1.54, 1.807) is 7.05 Å². The molecule has 0 unspecified atom stereocenters. The van der Waals surface area contributed by atoms with Crippen molar-refractivity contribution < 1.29 is 9.13 Å². The highest BCUT2D eigenvalue weighted by atomic mass is 35.5. The summed E-state index contributed by atoms with van der Waals surface area (Å²) < 4.78 is 18.5. The molecule has 0 fully saturated rings. The van der Waals surface area contributed by atoms with Gasteiger partial charge in [-0.05, 0) is 32.0 Å². The minimum atomic E-state index is -0.416. The standard InChI is InChI=1S/C13H14ClFN4O/c1-7(2)20-13-18-11(17-12(16-3)19-13)9-5-4-8(15)6-10(9)14/h4-7H,1-3H3,(H,16,17,18,19). The van der Waals surface area contributed by atoms with E-state index in [4.69, 9.17) is 16.3 Å². The van der Waals surface area contributed by atoms with Crippen molar-refractivity contribution >= 4 is 17.5 Å². The van der Waals surface area contributed by atoms with Gasteiger partial charge in [-0.25, -0.2) is 4.39 Å². The van der Waals surface area contributed by atoms with E-state index in [-0.39, 0.29) is 17.1 Å². The van der Waals surface area contributed by atoms with Gasteiger partial charge < -0.3 is 10.1 Å². The van der Waals surface area contributed by atoms with Crippen LogP contribution in [0.3, 0.4) is 0 Å². The Labute approximate surface area is 121 Å². The molecule has 0 atom stereocenters. The molecule has 0 aliphatic heterocycles. The molecule has 1 aromatic heterocycles. The quantitative estimate of drug-likeness (QED) is 0.939. The van der Waals surface area contributed by atoms with E-state index in [1.807, 2.05) is 13.8 Å². The summed E-state index contributed by atoms with van der Waals surface area (Å²) in [5, 5.41) is 3.05. The third kappa shape index (κ3) is 3.33. The van der Waals surface area contributed by atoms with Gasteiger partial charge in [0, 0.05) is 12.6 Å². The summed E-state index contributed by atoms with van der Waals surface area (Å²) in [4.78, 5) is 12.5. The van der Waals surface area contributed by atoms with E-state index in [9.17, 15) is 4.39 Å². The first kappa shape index (κ1) is 14.5. The van der Waals surface area contributed by atoms with E-state index in [0.717, 1.165) is 0 Å². The maximum absolute atomic E-state index is 13.1. The Morgan fingerprint density at radius 3 is 2.60 bits per heavy atom. The zero-order chi connectivity index (χ0) is 14.7. The molecule has 0 radical (unpaired) electrons. The molecule has 0 aliphatic carbocycles. The van der Waals surface area contributed by atoms with Crippen molar-refractivity contribution in [1.82, 2.24) is 15.0 Å². The summed E-state index contributed by atoms with van der Waals surface area (Å²) >= 11 is 6.02. The molecule has 1 heterocycles. The Morgan fingerprint density at radius 1 is 1.25 bits per heavy atom. The lowest BCUT2D eigenvalue weighted by molar-refractivity contribution is 0.222. The van der Waals surface area contributed by atoms with Crippen molar-refractivity contribution in [2.24, 2.45) is 0 Å². The lowest BCUT2D eigenvalue weighted by Crippen LogP contribution is -2.11. The van der Waals surface area contributed by atoms with Crippen molar-refractivity contribution in [1.29, 1.82) is 0 Å². The van der Waals surface area contributed by atoms with Crippen LogP contribution in [0.5, 0.6) is 6.01 Å². The molecule has 0 amide bonds. The number of hydrogen-bond acceptors (Lipinski definition) is 5. The molecule has 0 saturated heterocycles. The molecule has 0 spiro atoms. The van der Waals surface area contributed by atoms with Crippen LogP contribution in [0.4, 0.5) is 10.3 Å². The van der Waals surface area contributed by atoms with Gasteiger partial charge in [-0.2, -0.15) is 15.0 Å². The zero-order valence-electron chi connectivity index (χ0n) is 11.3. The third-order valence-corrected chi connectivity index (χ3v) is 2.66. The Hall–Kier alpha value is -1.95. The summed E-state index contributed by atoms with van der Waals surface area (Å²) in [5.74, 6) is 0.261. The average Bonchev–Trinajstić information content (AvgIpc) is 2.37. The molecular formula is C13H14ClFN4O. The average molecular weight is 297 g/mol. The Bertz CT molecular complexity index is 621. The van der Waals surface area contributed by atoms with Crippen LogP contribution in [-0.2, 0) is 0 Å². The molecule has 1 aromatic carbocycles. The minimum Gasteiger partial charge on any atom is -0.461 e. The predicted molar refractivity (Wildman–Crippen MR) is 75.5 cm³/mol. The number of nitrogens with zero attached hydrogens (tertiary/aromatic N) is 3. The van der Waals surface area contributed by atoms with Gasteiger partial charge in [0.15, 0.2) is 5.82 Å². The molecule has 106 valence electrons. The maximum Gasteiger partial charge on any atom is 0.322 e. The topological polar surface area (TPSA) is 59.9 Å². The summed E-state index contributed by atoms with van der Waals surface area (Å²) in [6.07, 6.45) is -0.0707. The number of ether oxygens (including phenoxy) is 1. The van der Waals surface area contributed by atoms with Gasteiger partial charge in [-0.3, -0.25) is 0 Å². The van der Waals surface area contributed by atoms with Gasteiger partial charge in [-0.1, -0.05) is 11.6 Å². The van der Waals surface area contributed by atoms with Crippen molar-refractivity contribution in [3.05, 3.63) is 29.0 Å². The van der Waals surface area contributed by atoms with E-state index in [0.29, 0.717) is 17.3 Å². The highest BCUT2D eigenvalue weighted by Gasteiger charge is 2.13. The second kappa shape index (κ2) is 6.00. The van der Waals surface area contributed by atoms with Crippen LogP contribution in [-0.4, -0.2) is 28.1 Å². The molecule has 1 N–H and O–H groups in total. The third-order valence-electron chi connectivity index (χ3n) is 2.35. The van der Waals surface area contributed by atoms with Crippen molar-refractivity contribution in [2.75, 3.05) is 12.4 Å². The Balaban J connectivity index is 2.49. The van der Waals surface area contributed by atoms with E-state index < -0.39 is 5.82 Å². The van der Waals surface area contributed by atoms with Crippen LogP contribution >= 0.6 is 11.6 Å².